The number of hydrogen-bond donors (Lipinski definition) is 3. The van der Waals surface area contributed by atoms with Crippen molar-refractivity contribution in [2.45, 2.75) is 38.0 Å². The summed E-state index contributed by atoms with van der Waals surface area (Å²) >= 11 is 8.79. The molecular weight excluding hydrogens is 562 g/mol. The van der Waals surface area contributed by atoms with E-state index >= 15 is 0 Å². The standard InChI is InChI=1S/C26H28BrN3O4S2/c1-5-34-20-11-7-19(8-12-20)30-36(32,33)21-13-9-18(10-14-21)28-25(35)29-24(31)17-6-15-22(23(27)16-17)26(2,3)4/h6-16,30H,5H2,1-4H3,(H2,28,29,31,35). The Kier molecular flexibility index (Phi) is 8.76. The van der Waals surface area contributed by atoms with Crippen LogP contribution in [-0.2, 0) is 15.4 Å². The van der Waals surface area contributed by atoms with Crippen LogP contribution in [0, 0.1) is 0 Å². The molecule has 10 heteroatoms. The van der Waals surface area contributed by atoms with Gasteiger partial charge in [-0.05, 0) is 90.8 Å². The second kappa shape index (κ2) is 11.4. The van der Waals surface area contributed by atoms with Crippen molar-refractivity contribution >= 4 is 60.6 Å². The van der Waals surface area contributed by atoms with Gasteiger partial charge in [-0.3, -0.25) is 14.8 Å². The third-order valence-electron chi connectivity index (χ3n) is 5.11. The van der Waals surface area contributed by atoms with E-state index in [4.69, 9.17) is 17.0 Å². The van der Waals surface area contributed by atoms with Gasteiger partial charge in [0.15, 0.2) is 5.11 Å². The first-order chi connectivity index (χ1) is 16.9. The molecule has 0 spiro atoms. The Hall–Kier alpha value is -2.95. The Morgan fingerprint density at radius 1 is 0.972 bits per heavy atom. The topological polar surface area (TPSA) is 96.5 Å². The maximum atomic E-state index is 12.7. The monoisotopic (exact) mass is 589 g/mol. The lowest BCUT2D eigenvalue weighted by atomic mass is 9.86. The van der Waals surface area contributed by atoms with Gasteiger partial charge in [-0.15, -0.1) is 0 Å². The molecule has 0 fully saturated rings. The molecule has 0 aliphatic rings. The van der Waals surface area contributed by atoms with E-state index in [1.807, 2.05) is 13.0 Å². The normalized spacial score (nSPS) is 11.5. The molecule has 3 rings (SSSR count). The minimum absolute atomic E-state index is 0.0614. The summed E-state index contributed by atoms with van der Waals surface area (Å²) in [6.45, 7) is 8.69. The van der Waals surface area contributed by atoms with E-state index < -0.39 is 10.0 Å². The number of ether oxygens (including phenoxy) is 1. The Morgan fingerprint density at radius 3 is 2.14 bits per heavy atom. The molecule has 3 aromatic rings. The van der Waals surface area contributed by atoms with E-state index in [-0.39, 0.29) is 21.3 Å². The molecule has 0 radical (unpaired) electrons. The Labute approximate surface area is 225 Å². The molecule has 1 amide bonds. The molecule has 36 heavy (non-hydrogen) atoms. The van der Waals surface area contributed by atoms with Crippen molar-refractivity contribution in [1.29, 1.82) is 0 Å². The molecule has 0 atom stereocenters. The van der Waals surface area contributed by atoms with Crippen LogP contribution in [0.15, 0.2) is 76.1 Å². The van der Waals surface area contributed by atoms with Crippen LogP contribution in [0.3, 0.4) is 0 Å². The number of anilines is 2. The Balaban J connectivity index is 1.61. The molecule has 3 N–H and O–H groups in total. The summed E-state index contributed by atoms with van der Waals surface area (Å²) in [7, 11) is -3.78. The predicted octanol–water partition coefficient (Wildman–Crippen LogP) is 6.07. The van der Waals surface area contributed by atoms with Gasteiger partial charge < -0.3 is 10.1 Å². The van der Waals surface area contributed by atoms with Gasteiger partial charge in [0, 0.05) is 21.4 Å². The zero-order valence-corrected chi connectivity index (χ0v) is 23.6. The molecule has 0 bridgehead atoms. The molecule has 190 valence electrons. The Bertz CT molecular complexity index is 1350. The summed E-state index contributed by atoms with van der Waals surface area (Å²) in [5.41, 5.74) is 2.44. The van der Waals surface area contributed by atoms with E-state index in [1.165, 1.54) is 12.1 Å². The van der Waals surface area contributed by atoms with Gasteiger partial charge in [-0.1, -0.05) is 42.8 Å². The number of sulfonamides is 1. The molecular formula is C26H28BrN3O4S2. The van der Waals surface area contributed by atoms with Crippen LogP contribution >= 0.6 is 28.1 Å². The SMILES string of the molecule is CCOc1ccc(NS(=O)(=O)c2ccc(NC(=S)NC(=O)c3ccc(C(C)(C)C)c(Br)c3)cc2)cc1. The first-order valence-electron chi connectivity index (χ1n) is 11.2. The maximum absolute atomic E-state index is 12.7. The molecule has 0 aliphatic carbocycles. The molecule has 7 nitrogen and oxygen atoms in total. The second-order valence-corrected chi connectivity index (χ2v) is 11.9. The van der Waals surface area contributed by atoms with Crippen LogP contribution < -0.4 is 20.1 Å². The first kappa shape index (κ1) is 27.6. The Morgan fingerprint density at radius 2 is 1.58 bits per heavy atom. The van der Waals surface area contributed by atoms with Crippen molar-refractivity contribution in [3.05, 3.63) is 82.3 Å². The first-order valence-corrected chi connectivity index (χ1v) is 13.9. The minimum atomic E-state index is -3.78. The lowest BCUT2D eigenvalue weighted by Crippen LogP contribution is -2.34. The van der Waals surface area contributed by atoms with Gasteiger partial charge in [-0.25, -0.2) is 8.42 Å². The van der Waals surface area contributed by atoms with Gasteiger partial charge >= 0.3 is 0 Å². The number of halogens is 1. The zero-order chi connectivity index (χ0) is 26.5. The highest BCUT2D eigenvalue weighted by atomic mass is 79.9. The summed E-state index contributed by atoms with van der Waals surface area (Å²) in [4.78, 5) is 12.7. The van der Waals surface area contributed by atoms with Crippen molar-refractivity contribution in [3.63, 3.8) is 0 Å². The number of benzene rings is 3. The summed E-state index contributed by atoms with van der Waals surface area (Å²) < 4.78 is 34.2. The summed E-state index contributed by atoms with van der Waals surface area (Å²) in [5.74, 6) is 0.306. The van der Waals surface area contributed by atoms with Crippen LogP contribution in [0.1, 0.15) is 43.6 Å². The molecule has 0 aliphatic heterocycles. The van der Waals surface area contributed by atoms with Crippen LogP contribution in [-0.4, -0.2) is 26.0 Å². The smallest absolute Gasteiger partial charge is 0.261 e. The number of thiocarbonyl (C=S) groups is 1. The lowest BCUT2D eigenvalue weighted by Gasteiger charge is -2.21. The van der Waals surface area contributed by atoms with E-state index in [9.17, 15) is 13.2 Å². The van der Waals surface area contributed by atoms with Crippen LogP contribution in [0.2, 0.25) is 0 Å². The van der Waals surface area contributed by atoms with Crippen molar-refractivity contribution in [3.8, 4) is 5.75 Å². The summed E-state index contributed by atoms with van der Waals surface area (Å²) in [6, 6.07) is 18.1. The quantitative estimate of drug-likeness (QED) is 0.289. The zero-order valence-electron chi connectivity index (χ0n) is 20.4. The van der Waals surface area contributed by atoms with Crippen LogP contribution in [0.4, 0.5) is 11.4 Å². The van der Waals surface area contributed by atoms with Crippen LogP contribution in [0.25, 0.3) is 0 Å². The molecule has 3 aromatic carbocycles. The molecule has 0 heterocycles. The predicted molar refractivity (Wildman–Crippen MR) is 151 cm³/mol. The lowest BCUT2D eigenvalue weighted by molar-refractivity contribution is 0.0977. The number of nitrogens with one attached hydrogen (secondary N) is 3. The highest BCUT2D eigenvalue weighted by molar-refractivity contribution is 9.10. The molecule has 0 saturated heterocycles. The fourth-order valence-electron chi connectivity index (χ4n) is 3.32. The average Bonchev–Trinajstić information content (AvgIpc) is 2.79. The van der Waals surface area contributed by atoms with Crippen molar-refractivity contribution in [2.75, 3.05) is 16.6 Å². The van der Waals surface area contributed by atoms with E-state index in [2.05, 4.69) is 52.1 Å². The van der Waals surface area contributed by atoms with Gasteiger partial charge in [0.05, 0.1) is 11.5 Å². The molecule has 0 aromatic heterocycles. The van der Waals surface area contributed by atoms with E-state index in [0.29, 0.717) is 29.3 Å². The van der Waals surface area contributed by atoms with Gasteiger partial charge in [0.2, 0.25) is 0 Å². The number of carbonyl (C=O) groups excluding carboxylic acids is 1. The van der Waals surface area contributed by atoms with Crippen molar-refractivity contribution < 1.29 is 17.9 Å². The van der Waals surface area contributed by atoms with Gasteiger partial charge in [0.25, 0.3) is 15.9 Å². The second-order valence-electron chi connectivity index (χ2n) is 8.94. The fraction of sp³-hybridized carbons (Fsp3) is 0.231. The minimum Gasteiger partial charge on any atom is -0.494 e. The number of carbonyl (C=O) groups is 1. The third-order valence-corrected chi connectivity index (χ3v) is 7.36. The number of amides is 1. The van der Waals surface area contributed by atoms with Crippen LogP contribution in [0.5, 0.6) is 5.75 Å². The van der Waals surface area contributed by atoms with Gasteiger partial charge in [-0.2, -0.15) is 0 Å². The molecule has 0 unspecified atom stereocenters. The van der Waals surface area contributed by atoms with Crippen molar-refractivity contribution in [2.24, 2.45) is 0 Å². The highest BCUT2D eigenvalue weighted by Crippen LogP contribution is 2.30. The summed E-state index contributed by atoms with van der Waals surface area (Å²) in [6.07, 6.45) is 0. The molecule has 0 saturated carbocycles. The van der Waals surface area contributed by atoms with E-state index in [1.54, 1.807) is 48.5 Å². The highest BCUT2D eigenvalue weighted by Gasteiger charge is 2.19. The fourth-order valence-corrected chi connectivity index (χ4v) is 5.56. The van der Waals surface area contributed by atoms with Crippen molar-refractivity contribution in [1.82, 2.24) is 5.32 Å². The van der Waals surface area contributed by atoms with Gasteiger partial charge in [0.1, 0.15) is 5.75 Å². The third kappa shape index (κ3) is 7.28. The van der Waals surface area contributed by atoms with E-state index in [0.717, 1.165) is 10.0 Å². The average molecular weight is 591 g/mol. The number of rotatable bonds is 7. The maximum Gasteiger partial charge on any atom is 0.261 e. The largest absolute Gasteiger partial charge is 0.494 e. The number of hydrogen-bond acceptors (Lipinski definition) is 5. The summed E-state index contributed by atoms with van der Waals surface area (Å²) in [5, 5.41) is 5.64.